The fourth-order valence-corrected chi connectivity index (χ4v) is 5.22. The third-order valence-corrected chi connectivity index (χ3v) is 7.63. The van der Waals surface area contributed by atoms with E-state index < -0.39 is 0 Å². The van der Waals surface area contributed by atoms with Crippen molar-refractivity contribution in [2.24, 2.45) is 5.92 Å². The molecule has 0 N–H and O–H groups in total. The van der Waals surface area contributed by atoms with Crippen LogP contribution in [0, 0.1) is 5.92 Å². The highest BCUT2D eigenvalue weighted by atomic mass is 16.5. The van der Waals surface area contributed by atoms with Gasteiger partial charge in [0.15, 0.2) is 0 Å². The zero-order chi connectivity index (χ0) is 26.5. The summed E-state index contributed by atoms with van der Waals surface area (Å²) < 4.78 is 5.77. The number of carbonyl (C=O) groups excluding carboxylic acids is 1. The standard InChI is InChI=1S/C33H67NO2/c1-5-9-12-14-17-21-26-32(25-20-16-13-10-6-2)31-36-33(35)27-22-18-15-19-24-30-34(28-8-4)29-23-11-7-3/h32H,5-31H2,1-4H3. The third kappa shape index (κ3) is 25.1. The van der Waals surface area contributed by atoms with Crippen LogP contribution in [0.4, 0.5) is 0 Å². The van der Waals surface area contributed by atoms with E-state index in [1.807, 2.05) is 0 Å². The summed E-state index contributed by atoms with van der Waals surface area (Å²) in [6.45, 7) is 13.5. The largest absolute Gasteiger partial charge is 0.465 e. The molecule has 1 atom stereocenters. The highest BCUT2D eigenvalue weighted by Gasteiger charge is 2.12. The minimum Gasteiger partial charge on any atom is -0.465 e. The fraction of sp³-hybridized carbons (Fsp3) is 0.970. The Hall–Kier alpha value is -0.570. The Bertz CT molecular complexity index is 439. The van der Waals surface area contributed by atoms with Gasteiger partial charge in [-0.1, -0.05) is 130 Å². The van der Waals surface area contributed by atoms with Crippen LogP contribution >= 0.6 is 0 Å². The van der Waals surface area contributed by atoms with Crippen LogP contribution in [0.15, 0.2) is 0 Å². The first kappa shape index (κ1) is 35.4. The number of hydrogen-bond acceptors (Lipinski definition) is 3. The SMILES string of the molecule is CCCCCCCCC(CCCCCCC)COC(=O)CCCCCCCN(CCC)CCCCC. The van der Waals surface area contributed by atoms with E-state index in [9.17, 15) is 4.79 Å². The monoisotopic (exact) mass is 510 g/mol. The molecule has 0 aromatic carbocycles. The summed E-state index contributed by atoms with van der Waals surface area (Å²) in [5, 5.41) is 0. The van der Waals surface area contributed by atoms with Crippen molar-refractivity contribution in [3.8, 4) is 0 Å². The van der Waals surface area contributed by atoms with Crippen LogP contribution < -0.4 is 0 Å². The van der Waals surface area contributed by atoms with Crippen molar-refractivity contribution in [1.29, 1.82) is 0 Å². The number of ether oxygens (including phenoxy) is 1. The molecule has 0 aromatic heterocycles. The van der Waals surface area contributed by atoms with Crippen molar-refractivity contribution < 1.29 is 9.53 Å². The predicted octanol–water partition coefficient (Wildman–Crippen LogP) is 10.5. The molecule has 0 rings (SSSR count). The summed E-state index contributed by atoms with van der Waals surface area (Å²) in [5.74, 6) is 0.615. The van der Waals surface area contributed by atoms with Crippen LogP contribution in [0.1, 0.15) is 175 Å². The maximum absolute atomic E-state index is 12.4. The fourth-order valence-electron chi connectivity index (χ4n) is 5.22. The van der Waals surface area contributed by atoms with Gasteiger partial charge in [-0.2, -0.15) is 0 Å². The second-order valence-electron chi connectivity index (χ2n) is 11.4. The Morgan fingerprint density at radius 3 is 1.53 bits per heavy atom. The molecule has 0 saturated heterocycles. The van der Waals surface area contributed by atoms with Gasteiger partial charge >= 0.3 is 5.97 Å². The van der Waals surface area contributed by atoms with Gasteiger partial charge in [-0.05, 0) is 64.1 Å². The number of unbranched alkanes of at least 4 members (excludes halogenated alkanes) is 15. The average molecular weight is 510 g/mol. The van der Waals surface area contributed by atoms with Gasteiger partial charge in [0.25, 0.3) is 0 Å². The molecule has 0 heterocycles. The number of nitrogens with zero attached hydrogens (tertiary/aromatic N) is 1. The van der Waals surface area contributed by atoms with Crippen LogP contribution in [-0.2, 0) is 9.53 Å². The van der Waals surface area contributed by atoms with Gasteiger partial charge in [0.1, 0.15) is 0 Å². The summed E-state index contributed by atoms with van der Waals surface area (Å²) in [4.78, 5) is 15.0. The van der Waals surface area contributed by atoms with Gasteiger partial charge in [-0.3, -0.25) is 4.79 Å². The molecule has 36 heavy (non-hydrogen) atoms. The lowest BCUT2D eigenvalue weighted by atomic mass is 9.95. The normalized spacial score (nSPS) is 12.4. The van der Waals surface area contributed by atoms with E-state index in [4.69, 9.17) is 4.74 Å². The van der Waals surface area contributed by atoms with Crippen molar-refractivity contribution >= 4 is 5.97 Å². The van der Waals surface area contributed by atoms with Gasteiger partial charge < -0.3 is 9.64 Å². The smallest absolute Gasteiger partial charge is 0.305 e. The maximum atomic E-state index is 12.4. The number of rotatable bonds is 29. The number of carbonyl (C=O) groups is 1. The Kier molecular flexibility index (Phi) is 28.5. The zero-order valence-corrected chi connectivity index (χ0v) is 25.4. The summed E-state index contributed by atoms with van der Waals surface area (Å²) in [7, 11) is 0. The minimum absolute atomic E-state index is 0.0407. The van der Waals surface area contributed by atoms with E-state index in [0.717, 1.165) is 12.8 Å². The van der Waals surface area contributed by atoms with Gasteiger partial charge in [-0.15, -0.1) is 0 Å². The highest BCUT2D eigenvalue weighted by Crippen LogP contribution is 2.20. The Morgan fingerprint density at radius 2 is 0.972 bits per heavy atom. The van der Waals surface area contributed by atoms with Gasteiger partial charge in [-0.25, -0.2) is 0 Å². The third-order valence-electron chi connectivity index (χ3n) is 7.63. The second kappa shape index (κ2) is 29.0. The first-order valence-electron chi connectivity index (χ1n) is 16.6. The van der Waals surface area contributed by atoms with E-state index in [1.165, 1.54) is 148 Å². The van der Waals surface area contributed by atoms with E-state index in [0.29, 0.717) is 18.9 Å². The summed E-state index contributed by atoms with van der Waals surface area (Å²) >= 11 is 0. The van der Waals surface area contributed by atoms with Crippen molar-refractivity contribution in [1.82, 2.24) is 4.90 Å². The molecule has 216 valence electrons. The first-order valence-corrected chi connectivity index (χ1v) is 16.6. The lowest BCUT2D eigenvalue weighted by Gasteiger charge is -2.21. The topological polar surface area (TPSA) is 29.5 Å². The second-order valence-corrected chi connectivity index (χ2v) is 11.4. The van der Waals surface area contributed by atoms with E-state index in [-0.39, 0.29) is 5.97 Å². The van der Waals surface area contributed by atoms with Gasteiger partial charge in [0, 0.05) is 6.42 Å². The molecule has 0 spiro atoms. The van der Waals surface area contributed by atoms with E-state index in [2.05, 4.69) is 32.6 Å². The molecule has 3 heteroatoms. The average Bonchev–Trinajstić information content (AvgIpc) is 2.88. The van der Waals surface area contributed by atoms with Crippen molar-refractivity contribution in [3.63, 3.8) is 0 Å². The van der Waals surface area contributed by atoms with Gasteiger partial charge in [0.2, 0.25) is 0 Å². The van der Waals surface area contributed by atoms with Crippen molar-refractivity contribution in [2.45, 2.75) is 175 Å². The zero-order valence-electron chi connectivity index (χ0n) is 25.4. The molecule has 0 aliphatic rings. The number of esters is 1. The Labute approximate surface area is 227 Å². The molecule has 0 amide bonds. The molecular formula is C33H67NO2. The maximum Gasteiger partial charge on any atom is 0.305 e. The van der Waals surface area contributed by atoms with E-state index in [1.54, 1.807) is 0 Å². The van der Waals surface area contributed by atoms with Crippen LogP contribution in [0.3, 0.4) is 0 Å². The number of hydrogen-bond donors (Lipinski definition) is 0. The molecule has 1 unspecified atom stereocenters. The van der Waals surface area contributed by atoms with Gasteiger partial charge in [0.05, 0.1) is 6.61 Å². The van der Waals surface area contributed by atoms with Crippen LogP contribution in [0.2, 0.25) is 0 Å². The molecule has 0 saturated carbocycles. The predicted molar refractivity (Wildman–Crippen MR) is 160 cm³/mol. The summed E-state index contributed by atoms with van der Waals surface area (Å²) in [6, 6.07) is 0. The quantitative estimate of drug-likeness (QED) is 0.0741. The minimum atomic E-state index is 0.0407. The Balaban J connectivity index is 3.97. The lowest BCUT2D eigenvalue weighted by molar-refractivity contribution is -0.145. The summed E-state index contributed by atoms with van der Waals surface area (Å²) in [5.41, 5.74) is 0. The van der Waals surface area contributed by atoms with Crippen molar-refractivity contribution in [3.05, 3.63) is 0 Å². The molecule has 3 nitrogen and oxygen atoms in total. The molecule has 0 aliphatic heterocycles. The lowest BCUT2D eigenvalue weighted by Crippen LogP contribution is -2.26. The molecule has 0 bridgehead atoms. The van der Waals surface area contributed by atoms with Crippen molar-refractivity contribution in [2.75, 3.05) is 26.2 Å². The van der Waals surface area contributed by atoms with Crippen LogP contribution in [0.5, 0.6) is 0 Å². The Morgan fingerprint density at radius 1 is 0.528 bits per heavy atom. The molecule has 0 aromatic rings. The van der Waals surface area contributed by atoms with Crippen LogP contribution in [0.25, 0.3) is 0 Å². The molecule has 0 aliphatic carbocycles. The van der Waals surface area contributed by atoms with Crippen LogP contribution in [-0.4, -0.2) is 37.1 Å². The van der Waals surface area contributed by atoms with E-state index >= 15 is 0 Å². The summed E-state index contributed by atoms with van der Waals surface area (Å²) in [6.07, 6.45) is 29.1. The molecule has 0 radical (unpaired) electrons. The first-order chi connectivity index (χ1) is 17.7. The molecular weight excluding hydrogens is 442 g/mol. The highest BCUT2D eigenvalue weighted by molar-refractivity contribution is 5.69. The molecule has 0 fully saturated rings.